The van der Waals surface area contributed by atoms with Gasteiger partial charge in [0.15, 0.2) is 11.5 Å². The second-order valence-corrected chi connectivity index (χ2v) is 11.8. The molecule has 45 heavy (non-hydrogen) atoms. The van der Waals surface area contributed by atoms with Crippen molar-refractivity contribution in [2.45, 2.75) is 32.4 Å². The summed E-state index contributed by atoms with van der Waals surface area (Å²) in [5.41, 5.74) is 3.84. The number of hydrogen-bond donors (Lipinski definition) is 4. The zero-order valence-corrected chi connectivity index (χ0v) is 25.7. The molecular formula is C33H41N9O3. The summed E-state index contributed by atoms with van der Waals surface area (Å²) in [6.07, 6.45) is 5.54. The van der Waals surface area contributed by atoms with Gasteiger partial charge in [0.25, 0.3) is 5.91 Å². The van der Waals surface area contributed by atoms with Gasteiger partial charge >= 0.3 is 0 Å². The molecule has 0 aliphatic carbocycles. The number of benzene rings is 2. The fourth-order valence-electron chi connectivity index (χ4n) is 6.08. The quantitative estimate of drug-likeness (QED) is 0.188. The summed E-state index contributed by atoms with van der Waals surface area (Å²) in [6, 6.07) is 15.6. The molecule has 12 nitrogen and oxygen atoms in total. The smallest absolute Gasteiger partial charge is 0.272 e. The van der Waals surface area contributed by atoms with Crippen molar-refractivity contribution in [1.29, 1.82) is 0 Å². The SMILES string of the molecule is CCCCNC(=O)c1n[nH]c2ccc(NC(=O)C3CCN(CC(O)N4CCN(c5ccc(-c6ncccn6)cc5)CC4)C3)cc12. The molecule has 2 aromatic heterocycles. The van der Waals surface area contributed by atoms with Crippen LogP contribution in [-0.4, -0.2) is 105 Å². The monoisotopic (exact) mass is 611 g/mol. The van der Waals surface area contributed by atoms with Crippen LogP contribution in [0.15, 0.2) is 60.9 Å². The molecule has 0 bridgehead atoms. The summed E-state index contributed by atoms with van der Waals surface area (Å²) in [7, 11) is 0. The number of hydrogen-bond acceptors (Lipinski definition) is 9. The Bertz CT molecular complexity index is 1590. The van der Waals surface area contributed by atoms with E-state index in [9.17, 15) is 14.7 Å². The van der Waals surface area contributed by atoms with Gasteiger partial charge in [-0.2, -0.15) is 5.10 Å². The van der Waals surface area contributed by atoms with E-state index >= 15 is 0 Å². The van der Waals surface area contributed by atoms with Crippen molar-refractivity contribution in [2.75, 3.05) is 62.6 Å². The Labute approximate surface area is 262 Å². The van der Waals surface area contributed by atoms with Crippen LogP contribution < -0.4 is 15.5 Å². The lowest BCUT2D eigenvalue weighted by atomic mass is 10.1. The maximum absolute atomic E-state index is 13.2. The van der Waals surface area contributed by atoms with Crippen LogP contribution in [0.4, 0.5) is 11.4 Å². The standard InChI is InChI=1S/C33H41N9O3/c1-2-3-12-36-33(45)30-27-20-25(7-10-28(27)38-39-30)37-32(44)24-11-15-40(21-24)22-29(43)42-18-16-41(17-19-42)26-8-5-23(6-9-26)31-34-13-4-14-35-31/h4-10,13-14,20,24,29,43H,2-3,11-12,15-19,21-22H2,1H3,(H,36,45)(H,37,44)(H,38,39). The molecule has 0 saturated carbocycles. The van der Waals surface area contributed by atoms with Gasteiger partial charge in [0, 0.05) is 80.5 Å². The zero-order chi connectivity index (χ0) is 31.2. The molecule has 0 radical (unpaired) electrons. The first kappa shape index (κ1) is 30.6. The molecule has 2 atom stereocenters. The number of β-amino-alcohol motifs (C(OH)–C–C–N with tert-alkyl or cyclic N) is 1. The van der Waals surface area contributed by atoms with E-state index in [0.29, 0.717) is 42.2 Å². The molecule has 4 heterocycles. The van der Waals surface area contributed by atoms with Gasteiger partial charge in [-0.1, -0.05) is 13.3 Å². The highest BCUT2D eigenvalue weighted by atomic mass is 16.3. The molecule has 6 rings (SSSR count). The lowest BCUT2D eigenvalue weighted by Crippen LogP contribution is -2.53. The van der Waals surface area contributed by atoms with E-state index in [2.05, 4.69) is 64.6 Å². The van der Waals surface area contributed by atoms with Crippen molar-refractivity contribution in [1.82, 2.24) is 35.3 Å². The molecule has 4 aromatic rings. The van der Waals surface area contributed by atoms with E-state index in [1.54, 1.807) is 18.5 Å². The van der Waals surface area contributed by atoms with Crippen LogP contribution in [-0.2, 0) is 4.79 Å². The molecule has 2 aromatic carbocycles. The molecule has 236 valence electrons. The summed E-state index contributed by atoms with van der Waals surface area (Å²) in [5.74, 6) is 0.266. The molecule has 2 fully saturated rings. The van der Waals surface area contributed by atoms with Gasteiger partial charge in [-0.15, -0.1) is 0 Å². The number of fused-ring (bicyclic) bond motifs is 1. The van der Waals surface area contributed by atoms with Gasteiger partial charge in [-0.25, -0.2) is 9.97 Å². The van der Waals surface area contributed by atoms with E-state index in [1.165, 1.54) is 0 Å². The van der Waals surface area contributed by atoms with Gasteiger partial charge in [0.1, 0.15) is 6.23 Å². The summed E-state index contributed by atoms with van der Waals surface area (Å²) in [5, 5.41) is 24.7. The highest BCUT2D eigenvalue weighted by molar-refractivity contribution is 6.06. The van der Waals surface area contributed by atoms with Crippen molar-refractivity contribution < 1.29 is 14.7 Å². The number of aliphatic hydroxyl groups excluding tert-OH is 1. The highest BCUT2D eigenvalue weighted by Crippen LogP contribution is 2.25. The van der Waals surface area contributed by atoms with Crippen LogP contribution in [0.1, 0.15) is 36.7 Å². The maximum atomic E-state index is 13.2. The lowest BCUT2D eigenvalue weighted by Gasteiger charge is -2.39. The Balaban J connectivity index is 0.965. The molecule has 2 unspecified atom stereocenters. The van der Waals surface area contributed by atoms with E-state index in [4.69, 9.17) is 0 Å². The third-order valence-corrected chi connectivity index (χ3v) is 8.72. The number of aromatic amines is 1. The van der Waals surface area contributed by atoms with Crippen LogP contribution in [0.25, 0.3) is 22.3 Å². The minimum atomic E-state index is -0.586. The normalized spacial score (nSPS) is 18.3. The minimum Gasteiger partial charge on any atom is -0.377 e. The first-order valence-corrected chi connectivity index (χ1v) is 15.8. The number of rotatable bonds is 11. The van der Waals surface area contributed by atoms with Crippen LogP contribution in [0, 0.1) is 5.92 Å². The molecule has 4 N–H and O–H groups in total. The van der Waals surface area contributed by atoms with E-state index in [1.807, 2.05) is 30.3 Å². The Morgan fingerprint density at radius 2 is 1.82 bits per heavy atom. The molecule has 2 amide bonds. The number of nitrogens with one attached hydrogen (secondary N) is 3. The van der Waals surface area contributed by atoms with Crippen molar-refractivity contribution in [3.8, 4) is 11.4 Å². The van der Waals surface area contributed by atoms with Crippen LogP contribution in [0.3, 0.4) is 0 Å². The number of carbonyl (C=O) groups excluding carboxylic acids is 2. The maximum Gasteiger partial charge on any atom is 0.272 e. The van der Waals surface area contributed by atoms with E-state index in [-0.39, 0.29) is 17.7 Å². The number of carbonyl (C=O) groups is 2. The van der Waals surface area contributed by atoms with E-state index < -0.39 is 6.23 Å². The van der Waals surface area contributed by atoms with E-state index in [0.717, 1.165) is 68.8 Å². The first-order valence-electron chi connectivity index (χ1n) is 15.8. The predicted octanol–water partition coefficient (Wildman–Crippen LogP) is 2.95. The highest BCUT2D eigenvalue weighted by Gasteiger charge is 2.31. The Morgan fingerprint density at radius 3 is 2.58 bits per heavy atom. The summed E-state index contributed by atoms with van der Waals surface area (Å²) >= 11 is 0. The van der Waals surface area contributed by atoms with Gasteiger partial charge in [0.2, 0.25) is 5.91 Å². The lowest BCUT2D eigenvalue weighted by molar-refractivity contribution is -0.119. The summed E-state index contributed by atoms with van der Waals surface area (Å²) in [4.78, 5) is 41.0. The second-order valence-electron chi connectivity index (χ2n) is 11.8. The largest absolute Gasteiger partial charge is 0.377 e. The molecule has 2 saturated heterocycles. The predicted molar refractivity (Wildman–Crippen MR) is 174 cm³/mol. The van der Waals surface area contributed by atoms with Crippen LogP contribution in [0.2, 0.25) is 0 Å². The Morgan fingerprint density at radius 1 is 1.04 bits per heavy atom. The van der Waals surface area contributed by atoms with Crippen LogP contribution in [0.5, 0.6) is 0 Å². The van der Waals surface area contributed by atoms with Gasteiger partial charge in [-0.05, 0) is 67.9 Å². The average molecular weight is 612 g/mol. The Hall–Kier alpha value is -4.39. The van der Waals surface area contributed by atoms with Crippen LogP contribution >= 0.6 is 0 Å². The van der Waals surface area contributed by atoms with Crippen molar-refractivity contribution in [3.05, 3.63) is 66.6 Å². The number of H-pyrrole nitrogens is 1. The molecule has 2 aliphatic rings. The fraction of sp³-hybridized carbons (Fsp3) is 0.424. The summed E-state index contributed by atoms with van der Waals surface area (Å²) < 4.78 is 0. The molecule has 2 aliphatic heterocycles. The van der Waals surface area contributed by atoms with Crippen molar-refractivity contribution >= 4 is 34.1 Å². The minimum absolute atomic E-state index is 0.0535. The average Bonchev–Trinajstić information content (AvgIpc) is 3.73. The number of unbranched alkanes of at least 4 members (excludes halogenated alkanes) is 1. The van der Waals surface area contributed by atoms with Gasteiger partial charge < -0.3 is 20.6 Å². The first-order chi connectivity index (χ1) is 22.0. The number of piperazine rings is 1. The summed E-state index contributed by atoms with van der Waals surface area (Å²) in [6.45, 7) is 7.71. The topological polar surface area (TPSA) is 143 Å². The van der Waals surface area contributed by atoms with Gasteiger partial charge in [-0.3, -0.25) is 24.5 Å². The number of aliphatic hydroxyl groups is 1. The third kappa shape index (κ3) is 7.30. The molecular weight excluding hydrogens is 570 g/mol. The number of amides is 2. The number of anilines is 2. The van der Waals surface area contributed by atoms with Crippen molar-refractivity contribution in [3.63, 3.8) is 0 Å². The third-order valence-electron chi connectivity index (χ3n) is 8.72. The molecule has 12 heteroatoms. The molecule has 0 spiro atoms. The number of likely N-dealkylation sites (tertiary alicyclic amines) is 1. The zero-order valence-electron chi connectivity index (χ0n) is 25.7. The second kappa shape index (κ2) is 14.1. The van der Waals surface area contributed by atoms with Gasteiger partial charge in [0.05, 0.1) is 11.4 Å². The Kier molecular flexibility index (Phi) is 9.63. The fourth-order valence-corrected chi connectivity index (χ4v) is 6.08. The van der Waals surface area contributed by atoms with Crippen molar-refractivity contribution in [2.24, 2.45) is 5.92 Å². The number of nitrogens with zero attached hydrogens (tertiary/aromatic N) is 6. The number of aromatic nitrogens is 4.